The topological polar surface area (TPSA) is 259 Å². The summed E-state index contributed by atoms with van der Waals surface area (Å²) in [6.07, 6.45) is -8.47. The van der Waals surface area contributed by atoms with E-state index in [1.165, 1.54) is 61.6 Å². The lowest BCUT2D eigenvalue weighted by atomic mass is 9.74. The van der Waals surface area contributed by atoms with Crippen molar-refractivity contribution >= 4 is 65.0 Å². The van der Waals surface area contributed by atoms with Crippen molar-refractivity contribution in [3.05, 3.63) is 70.3 Å². The molecule has 0 radical (unpaired) electrons. The first-order valence-electron chi connectivity index (χ1n) is 36.2. The molecule has 11 atom stereocenters. The fraction of sp³-hybridized carbons (Fsp3) is 0.685. The lowest BCUT2D eigenvalue weighted by Gasteiger charge is -2.47. The molecular formula is C73H103F8N11O12. The monoisotopic (exact) mass is 1480 g/mol. The van der Waals surface area contributed by atoms with E-state index in [1.54, 1.807) is 27.7 Å². The van der Waals surface area contributed by atoms with Crippen molar-refractivity contribution in [3.63, 3.8) is 0 Å². The van der Waals surface area contributed by atoms with Crippen LogP contribution in [0.1, 0.15) is 168 Å². The van der Waals surface area contributed by atoms with Gasteiger partial charge in [0, 0.05) is 86.8 Å². The van der Waals surface area contributed by atoms with Crippen LogP contribution in [0.5, 0.6) is 0 Å². The third kappa shape index (κ3) is 19.2. The van der Waals surface area contributed by atoms with E-state index >= 15 is 37.5 Å². The van der Waals surface area contributed by atoms with E-state index < -0.39 is 198 Å². The predicted octanol–water partition coefficient (Wildman–Crippen LogP) is 6.89. The van der Waals surface area contributed by atoms with Crippen molar-refractivity contribution in [2.75, 3.05) is 68.0 Å². The fourth-order valence-corrected chi connectivity index (χ4v) is 14.9. The summed E-state index contributed by atoms with van der Waals surface area (Å²) in [5.74, 6) is -13.4. The summed E-state index contributed by atoms with van der Waals surface area (Å²) in [6, 6.07) is -7.15. The van der Waals surface area contributed by atoms with E-state index in [2.05, 4.69) is 16.0 Å². The Labute approximate surface area is 603 Å². The highest BCUT2D eigenvalue weighted by atomic mass is 19.4. The Bertz CT molecular complexity index is 3440. The summed E-state index contributed by atoms with van der Waals surface area (Å²) in [6.45, 7) is 12.1. The summed E-state index contributed by atoms with van der Waals surface area (Å²) >= 11 is 0. The lowest BCUT2D eigenvalue weighted by Crippen LogP contribution is -2.68. The number of hydrogen-bond donors (Lipinski definition) is 3. The maximum Gasteiger partial charge on any atom is 0.422 e. The Balaban J connectivity index is 1.32. The van der Waals surface area contributed by atoms with Crippen molar-refractivity contribution in [3.8, 4) is 0 Å². The van der Waals surface area contributed by atoms with Crippen LogP contribution in [0, 0.1) is 29.4 Å². The quantitative estimate of drug-likeness (QED) is 0.173. The summed E-state index contributed by atoms with van der Waals surface area (Å²) < 4.78 is 119. The molecule has 5 fully saturated rings. The molecule has 3 heterocycles. The number of nitrogens with one attached hydrogen (secondary N) is 3. The van der Waals surface area contributed by atoms with Gasteiger partial charge in [-0.3, -0.25) is 52.7 Å². The fourth-order valence-electron chi connectivity index (χ4n) is 14.9. The minimum Gasteiger partial charge on any atom is -0.377 e. The van der Waals surface area contributed by atoms with Crippen LogP contribution in [0.2, 0.25) is 0 Å². The van der Waals surface area contributed by atoms with Gasteiger partial charge in [-0.2, -0.15) is 26.3 Å². The number of rotatable bonds is 13. The largest absolute Gasteiger partial charge is 0.422 e. The second kappa shape index (κ2) is 34.9. The first kappa shape index (κ1) is 83.3. The maximum atomic E-state index is 15.4. The van der Waals surface area contributed by atoms with Crippen LogP contribution >= 0.6 is 0 Å². The molecule has 3 aliphatic heterocycles. The molecule has 31 heteroatoms. The third-order valence-electron chi connectivity index (χ3n) is 21.8. The zero-order valence-electron chi connectivity index (χ0n) is 61.8. The van der Waals surface area contributed by atoms with Crippen LogP contribution in [0.15, 0.2) is 36.4 Å². The summed E-state index contributed by atoms with van der Waals surface area (Å²) in [5.41, 5.74) is -5.09. The molecule has 23 nitrogen and oxygen atoms in total. The Morgan fingerprint density at radius 3 is 1.80 bits per heavy atom. The molecule has 1 spiro atoms. The van der Waals surface area contributed by atoms with Crippen molar-refractivity contribution in [2.45, 2.75) is 236 Å². The SMILES string of the molecule is CCO[C@@H]1C[C@H]2C(=O)NC3(CCC3)C(=O)N(C)[C@@H](C3CCCCC3)C(=O)N(C)[C@H](C)CC(=O)N(C)[C@@H](CC(C)C)C(=O)N[C@@H]([C@@H](C)CC)C(=O)N(C)[C@@H](C)C(=O)N3CC[C@H]3C(=O)N(CC)[C@@H](Cc3ccc(C(F)(F)F)cc3)C(=O)N(C)CC(=O)N[C@@H](CCc3cc(F)c(C(F)(F)F)c(F)c3)C(=O)N2C1. The number of nitrogens with zero attached hydrogens (tertiary/aromatic N) is 8. The smallest absolute Gasteiger partial charge is 0.377 e. The lowest BCUT2D eigenvalue weighted by molar-refractivity contribution is -0.160. The van der Waals surface area contributed by atoms with E-state index in [0.717, 1.165) is 70.2 Å². The maximum absolute atomic E-state index is 15.4. The Morgan fingerprint density at radius 2 is 1.27 bits per heavy atom. The van der Waals surface area contributed by atoms with Crippen LogP contribution in [0.4, 0.5) is 35.1 Å². The van der Waals surface area contributed by atoms with Crippen LogP contribution in [-0.2, 0) is 82.7 Å². The molecule has 2 aromatic carbocycles. The van der Waals surface area contributed by atoms with Crippen LogP contribution in [0.3, 0.4) is 0 Å². The number of ether oxygens (including phenoxy) is 1. The third-order valence-corrected chi connectivity index (χ3v) is 21.8. The molecule has 0 aromatic heterocycles. The van der Waals surface area contributed by atoms with E-state index in [9.17, 15) is 50.3 Å². The summed E-state index contributed by atoms with van der Waals surface area (Å²) in [5, 5.41) is 8.36. The second-order valence-corrected chi connectivity index (χ2v) is 29.3. The molecule has 2 saturated carbocycles. The standard InChI is InChI=1S/C73H103F8N11O12/c1-14-42(6)60-68(101)87(11)44(8)64(97)91-32-29-53(91)67(100)90(15-2)56(37-45-23-26-48(27-24-45)72(76,77)78)66(99)85(9)40-57(93)82-52(28-25-46-35-50(74)59(51(75)36-46)73(79,80)81)65(98)92-39-49(104-16-3)38-55(92)63(96)84-71(30-20-31-71)70(103)89(13)61(47-21-18-17-19-22-47)69(102)86(10)43(7)34-58(94)88(12)54(33-41(4)5)62(95)83-60/h23-24,26-27,35-36,41-44,47,49,52-56,60-61H,14-22,25,28-34,37-40H2,1-13H3,(H,82,93)(H,83,95)(H,84,96)/t42-,43+,44-,49+,52-,53-,54-,55-,56-,60-,61-/m0/s1. The van der Waals surface area contributed by atoms with Gasteiger partial charge in [0.05, 0.1) is 18.2 Å². The molecule has 578 valence electrons. The zero-order chi connectivity index (χ0) is 77.4. The number of fused-ring (bicyclic) bond motifs is 2. The van der Waals surface area contributed by atoms with E-state index in [4.69, 9.17) is 4.74 Å². The van der Waals surface area contributed by atoms with Gasteiger partial charge >= 0.3 is 12.4 Å². The second-order valence-electron chi connectivity index (χ2n) is 29.3. The van der Waals surface area contributed by atoms with Crippen LogP contribution in [-0.4, -0.2) is 238 Å². The number of hydrogen-bond acceptors (Lipinski definition) is 12. The van der Waals surface area contributed by atoms with Gasteiger partial charge in [-0.1, -0.05) is 65.5 Å². The normalized spacial score (nSPS) is 27.0. The highest BCUT2D eigenvalue weighted by molar-refractivity contribution is 6.00. The van der Waals surface area contributed by atoms with Gasteiger partial charge in [0.2, 0.25) is 65.0 Å². The zero-order valence-corrected chi connectivity index (χ0v) is 61.8. The molecule has 5 aliphatic rings. The number of alkyl halides is 6. The first-order chi connectivity index (χ1) is 48.7. The van der Waals surface area contributed by atoms with Crippen molar-refractivity contribution in [2.24, 2.45) is 17.8 Å². The summed E-state index contributed by atoms with van der Waals surface area (Å²) in [7, 11) is 6.96. The number of carbonyl (C=O) groups excluding carboxylic acids is 11. The number of likely N-dealkylation sites (N-methyl/N-ethyl adjacent to an activating group) is 6. The van der Waals surface area contributed by atoms with E-state index in [0.29, 0.717) is 37.8 Å². The Hall–Kier alpha value is -7.99. The Kier molecular flexibility index (Phi) is 28.0. The van der Waals surface area contributed by atoms with Gasteiger partial charge in [0.25, 0.3) is 0 Å². The molecule has 104 heavy (non-hydrogen) atoms. The highest BCUT2D eigenvalue weighted by Gasteiger charge is 2.54. The molecular weight excluding hydrogens is 1370 g/mol. The van der Waals surface area contributed by atoms with Gasteiger partial charge in [-0.25, -0.2) is 8.78 Å². The predicted molar refractivity (Wildman–Crippen MR) is 366 cm³/mol. The minimum atomic E-state index is -5.44. The number of halogens is 8. The van der Waals surface area contributed by atoms with Gasteiger partial charge in [0.15, 0.2) is 0 Å². The average Bonchev–Trinajstić information content (AvgIpc) is 1.03. The van der Waals surface area contributed by atoms with E-state index in [-0.39, 0.29) is 87.7 Å². The molecule has 0 bridgehead atoms. The van der Waals surface area contributed by atoms with Crippen molar-refractivity contribution in [1.29, 1.82) is 0 Å². The van der Waals surface area contributed by atoms with Crippen molar-refractivity contribution in [1.82, 2.24) is 55.1 Å². The number of benzene rings is 2. The van der Waals surface area contributed by atoms with Crippen LogP contribution in [0.25, 0.3) is 0 Å². The van der Waals surface area contributed by atoms with Crippen molar-refractivity contribution < 1.29 is 92.6 Å². The molecule has 0 unspecified atom stereocenters. The highest BCUT2D eigenvalue weighted by Crippen LogP contribution is 2.39. The molecule has 7 rings (SSSR count). The van der Waals surface area contributed by atoms with E-state index in [1.807, 2.05) is 13.8 Å². The molecule has 11 amide bonds. The van der Waals surface area contributed by atoms with Crippen LogP contribution < -0.4 is 16.0 Å². The van der Waals surface area contributed by atoms with Gasteiger partial charge < -0.3 is 59.9 Å². The molecule has 2 aromatic rings. The molecule has 3 saturated heterocycles. The number of amides is 11. The first-order valence-corrected chi connectivity index (χ1v) is 36.2. The van der Waals surface area contributed by atoms with Gasteiger partial charge in [0.1, 0.15) is 71.1 Å². The van der Waals surface area contributed by atoms with Gasteiger partial charge in [-0.05, 0) is 139 Å². The summed E-state index contributed by atoms with van der Waals surface area (Å²) in [4.78, 5) is 174. The number of carbonyl (C=O) groups is 11. The Morgan fingerprint density at radius 1 is 0.644 bits per heavy atom. The average molecular weight is 1480 g/mol. The number of aryl methyl sites for hydroxylation is 1. The van der Waals surface area contributed by atoms with Gasteiger partial charge in [-0.15, -0.1) is 0 Å². The molecule has 3 N–H and O–H groups in total. The minimum absolute atomic E-state index is 0.00152. The molecule has 2 aliphatic carbocycles.